The number of nitrogens with zero attached hydrogens (tertiary/aromatic N) is 1. The number of cyclic esters (lactones) is 1. The van der Waals surface area contributed by atoms with E-state index in [1.165, 1.54) is 0 Å². The van der Waals surface area contributed by atoms with Crippen LogP contribution in [0.25, 0.3) is 0 Å². The summed E-state index contributed by atoms with van der Waals surface area (Å²) in [4.78, 5) is 24.7. The maximum Gasteiger partial charge on any atom is 0.410 e. The SMILES string of the molecule is CCOC(=O)N1CCC[C@H]1[C@H]1C=C(C)C(=O)O1. The van der Waals surface area contributed by atoms with Gasteiger partial charge in [0.05, 0.1) is 12.6 Å². The Labute approximate surface area is 100 Å². The molecular formula is C12H17NO4. The van der Waals surface area contributed by atoms with Gasteiger partial charge in [0.1, 0.15) is 6.10 Å². The van der Waals surface area contributed by atoms with Gasteiger partial charge in [0.15, 0.2) is 0 Å². The van der Waals surface area contributed by atoms with E-state index in [9.17, 15) is 9.59 Å². The zero-order valence-electron chi connectivity index (χ0n) is 10.1. The topological polar surface area (TPSA) is 55.8 Å². The zero-order chi connectivity index (χ0) is 12.4. The van der Waals surface area contributed by atoms with Crippen LogP contribution < -0.4 is 0 Å². The quantitative estimate of drug-likeness (QED) is 0.685. The van der Waals surface area contributed by atoms with Crippen LogP contribution in [0, 0.1) is 0 Å². The van der Waals surface area contributed by atoms with E-state index in [2.05, 4.69) is 0 Å². The Morgan fingerprint density at radius 3 is 3.00 bits per heavy atom. The Hall–Kier alpha value is -1.52. The van der Waals surface area contributed by atoms with Crippen LogP contribution in [0.3, 0.4) is 0 Å². The van der Waals surface area contributed by atoms with Crippen LogP contribution in [0.2, 0.25) is 0 Å². The Morgan fingerprint density at radius 1 is 1.65 bits per heavy atom. The van der Waals surface area contributed by atoms with Crippen LogP contribution in [0.1, 0.15) is 26.7 Å². The van der Waals surface area contributed by atoms with Gasteiger partial charge in [-0.15, -0.1) is 0 Å². The fraction of sp³-hybridized carbons (Fsp3) is 0.667. The normalized spacial score (nSPS) is 28.0. The summed E-state index contributed by atoms with van der Waals surface area (Å²) in [7, 11) is 0. The van der Waals surface area contributed by atoms with Gasteiger partial charge < -0.3 is 14.4 Å². The van der Waals surface area contributed by atoms with Crippen molar-refractivity contribution in [2.24, 2.45) is 0 Å². The summed E-state index contributed by atoms with van der Waals surface area (Å²) in [5.41, 5.74) is 0.616. The molecule has 17 heavy (non-hydrogen) atoms. The molecule has 94 valence electrons. The Morgan fingerprint density at radius 2 is 2.41 bits per heavy atom. The zero-order valence-corrected chi connectivity index (χ0v) is 10.1. The second-order valence-electron chi connectivity index (χ2n) is 4.32. The fourth-order valence-corrected chi connectivity index (χ4v) is 2.32. The fourth-order valence-electron chi connectivity index (χ4n) is 2.32. The van der Waals surface area contributed by atoms with Crippen LogP contribution in [0.4, 0.5) is 4.79 Å². The van der Waals surface area contributed by atoms with E-state index in [-0.39, 0.29) is 24.2 Å². The maximum atomic E-state index is 11.7. The van der Waals surface area contributed by atoms with Gasteiger partial charge in [-0.1, -0.05) is 0 Å². The molecule has 2 heterocycles. The number of rotatable bonds is 2. The van der Waals surface area contributed by atoms with Crippen molar-refractivity contribution in [1.29, 1.82) is 0 Å². The smallest absolute Gasteiger partial charge is 0.410 e. The van der Waals surface area contributed by atoms with Crippen molar-refractivity contribution in [3.05, 3.63) is 11.6 Å². The lowest BCUT2D eigenvalue weighted by Crippen LogP contribution is -2.42. The Bertz CT molecular complexity index is 364. The molecule has 1 fully saturated rings. The Balaban J connectivity index is 2.05. The van der Waals surface area contributed by atoms with E-state index < -0.39 is 0 Å². The van der Waals surface area contributed by atoms with Gasteiger partial charge in [0, 0.05) is 12.1 Å². The molecule has 0 aromatic rings. The van der Waals surface area contributed by atoms with Gasteiger partial charge in [-0.3, -0.25) is 0 Å². The first-order valence-corrected chi connectivity index (χ1v) is 5.96. The standard InChI is InChI=1S/C12H17NO4/c1-3-16-12(15)13-6-4-5-9(13)10-7-8(2)11(14)17-10/h7,9-10H,3-6H2,1-2H3/t9-,10+/m0/s1. The van der Waals surface area contributed by atoms with Crippen molar-refractivity contribution < 1.29 is 19.1 Å². The number of ether oxygens (including phenoxy) is 2. The third-order valence-electron chi connectivity index (χ3n) is 3.16. The predicted molar refractivity (Wildman–Crippen MR) is 60.4 cm³/mol. The maximum absolute atomic E-state index is 11.7. The van der Waals surface area contributed by atoms with Crippen molar-refractivity contribution in [2.75, 3.05) is 13.2 Å². The number of hydrogen-bond donors (Lipinski definition) is 0. The summed E-state index contributed by atoms with van der Waals surface area (Å²) in [5, 5.41) is 0. The first-order valence-electron chi connectivity index (χ1n) is 5.96. The van der Waals surface area contributed by atoms with Crippen molar-refractivity contribution >= 4 is 12.1 Å². The monoisotopic (exact) mass is 239 g/mol. The van der Waals surface area contributed by atoms with Gasteiger partial charge >= 0.3 is 12.1 Å². The highest BCUT2D eigenvalue weighted by molar-refractivity contribution is 5.90. The largest absolute Gasteiger partial charge is 0.453 e. The van der Waals surface area contributed by atoms with Crippen molar-refractivity contribution in [1.82, 2.24) is 4.90 Å². The highest BCUT2D eigenvalue weighted by atomic mass is 16.6. The molecule has 5 nitrogen and oxygen atoms in total. The first kappa shape index (κ1) is 12.0. The second-order valence-corrected chi connectivity index (χ2v) is 4.32. The van der Waals surface area contributed by atoms with E-state index in [0.717, 1.165) is 12.8 Å². The van der Waals surface area contributed by atoms with Crippen LogP contribution in [-0.4, -0.2) is 42.3 Å². The molecule has 1 amide bonds. The molecule has 2 rings (SSSR count). The molecule has 0 aromatic heterocycles. The third-order valence-corrected chi connectivity index (χ3v) is 3.16. The van der Waals surface area contributed by atoms with Gasteiger partial charge in [0.2, 0.25) is 0 Å². The van der Waals surface area contributed by atoms with Crippen LogP contribution in [-0.2, 0) is 14.3 Å². The number of amides is 1. The highest BCUT2D eigenvalue weighted by Gasteiger charge is 2.39. The first-order chi connectivity index (χ1) is 8.13. The molecule has 0 N–H and O–H groups in total. The molecule has 0 unspecified atom stereocenters. The number of likely N-dealkylation sites (tertiary alicyclic amines) is 1. The summed E-state index contributed by atoms with van der Waals surface area (Å²) < 4.78 is 10.2. The lowest BCUT2D eigenvalue weighted by molar-refractivity contribution is -0.141. The average Bonchev–Trinajstić information content (AvgIpc) is 2.87. The molecule has 1 saturated heterocycles. The molecule has 2 aliphatic rings. The minimum Gasteiger partial charge on any atom is -0.453 e. The lowest BCUT2D eigenvalue weighted by Gasteiger charge is -2.26. The summed E-state index contributed by atoms with van der Waals surface area (Å²) in [6.45, 7) is 4.54. The van der Waals surface area contributed by atoms with Crippen LogP contribution >= 0.6 is 0 Å². The molecule has 2 atom stereocenters. The second kappa shape index (κ2) is 4.77. The van der Waals surface area contributed by atoms with E-state index >= 15 is 0 Å². The summed E-state index contributed by atoms with van der Waals surface area (Å²) >= 11 is 0. The van der Waals surface area contributed by atoms with E-state index in [0.29, 0.717) is 18.7 Å². The molecule has 0 aromatic carbocycles. The molecule has 0 bridgehead atoms. The van der Waals surface area contributed by atoms with E-state index in [4.69, 9.17) is 9.47 Å². The molecular weight excluding hydrogens is 222 g/mol. The van der Waals surface area contributed by atoms with Crippen LogP contribution in [0.5, 0.6) is 0 Å². The van der Waals surface area contributed by atoms with Gasteiger partial charge in [-0.05, 0) is 32.8 Å². The van der Waals surface area contributed by atoms with Gasteiger partial charge in [0.25, 0.3) is 0 Å². The number of carbonyl (C=O) groups is 2. The average molecular weight is 239 g/mol. The highest BCUT2D eigenvalue weighted by Crippen LogP contribution is 2.27. The van der Waals surface area contributed by atoms with E-state index in [1.807, 2.05) is 0 Å². The van der Waals surface area contributed by atoms with Crippen molar-refractivity contribution in [3.8, 4) is 0 Å². The number of esters is 1. The Kier molecular flexibility index (Phi) is 3.36. The summed E-state index contributed by atoms with van der Waals surface area (Å²) in [6, 6.07) is -0.0737. The van der Waals surface area contributed by atoms with Crippen molar-refractivity contribution in [3.63, 3.8) is 0 Å². The predicted octanol–water partition coefficient (Wildman–Crippen LogP) is 1.48. The molecule has 2 aliphatic heterocycles. The summed E-state index contributed by atoms with van der Waals surface area (Å²) in [6.07, 6.45) is 2.94. The van der Waals surface area contributed by atoms with Gasteiger partial charge in [-0.25, -0.2) is 9.59 Å². The third kappa shape index (κ3) is 2.28. The molecule has 0 saturated carbocycles. The summed E-state index contributed by atoms with van der Waals surface area (Å²) in [5.74, 6) is -0.286. The minimum atomic E-state index is -0.316. The van der Waals surface area contributed by atoms with Crippen molar-refractivity contribution in [2.45, 2.75) is 38.8 Å². The van der Waals surface area contributed by atoms with Gasteiger partial charge in [-0.2, -0.15) is 0 Å². The minimum absolute atomic E-state index is 0.0737. The number of hydrogen-bond acceptors (Lipinski definition) is 4. The van der Waals surface area contributed by atoms with Crippen LogP contribution in [0.15, 0.2) is 11.6 Å². The molecule has 0 spiro atoms. The lowest BCUT2D eigenvalue weighted by atomic mass is 10.1. The molecule has 5 heteroatoms. The van der Waals surface area contributed by atoms with E-state index in [1.54, 1.807) is 24.8 Å². The molecule has 0 radical (unpaired) electrons. The molecule has 0 aliphatic carbocycles. The number of carbonyl (C=O) groups excluding carboxylic acids is 2.